The molecule has 3 nitrogen and oxygen atoms in total. The zero-order valence-corrected chi connectivity index (χ0v) is 21.1. The second-order valence-electron chi connectivity index (χ2n) is 8.08. The molecule has 0 heterocycles. The van der Waals surface area contributed by atoms with Gasteiger partial charge >= 0.3 is 0 Å². The van der Waals surface area contributed by atoms with E-state index in [1.807, 2.05) is 55.5 Å². The molecule has 162 valence electrons. The second kappa shape index (κ2) is 10.5. The molecule has 3 aromatic carbocycles. The molecule has 0 saturated carbocycles. The van der Waals surface area contributed by atoms with Crippen LogP contribution in [0.2, 0.25) is 0 Å². The predicted octanol–water partition coefficient (Wildman–Crippen LogP) is 7.13. The normalized spacial score (nSPS) is 11.0. The van der Waals surface area contributed by atoms with E-state index < -0.39 is 0 Å². The second-order valence-corrected chi connectivity index (χ2v) is 9.79. The van der Waals surface area contributed by atoms with E-state index in [0.29, 0.717) is 24.3 Å². The van der Waals surface area contributed by atoms with Crippen molar-refractivity contribution in [3.63, 3.8) is 0 Å². The Morgan fingerprint density at radius 2 is 1.71 bits per heavy atom. The first-order valence-corrected chi connectivity index (χ1v) is 11.8. The van der Waals surface area contributed by atoms with Gasteiger partial charge in [-0.2, -0.15) is 0 Å². The van der Waals surface area contributed by atoms with Gasteiger partial charge in [0.2, 0.25) is 0 Å². The van der Waals surface area contributed by atoms with Gasteiger partial charge in [-0.3, -0.25) is 4.79 Å². The van der Waals surface area contributed by atoms with Crippen LogP contribution in [0.5, 0.6) is 11.5 Å². The van der Waals surface area contributed by atoms with E-state index in [1.165, 1.54) is 0 Å². The maximum absolute atomic E-state index is 12.3. The quantitative estimate of drug-likeness (QED) is 0.327. The van der Waals surface area contributed by atoms with Gasteiger partial charge in [0.1, 0.15) is 18.1 Å². The van der Waals surface area contributed by atoms with Crippen molar-refractivity contribution in [1.82, 2.24) is 0 Å². The molecule has 5 heteroatoms. The van der Waals surface area contributed by atoms with Crippen molar-refractivity contribution in [3.8, 4) is 11.5 Å². The van der Waals surface area contributed by atoms with Gasteiger partial charge < -0.3 is 9.84 Å². The highest BCUT2D eigenvalue weighted by molar-refractivity contribution is 9.11. The van der Waals surface area contributed by atoms with Crippen LogP contribution in [0.3, 0.4) is 0 Å². The van der Waals surface area contributed by atoms with Crippen LogP contribution >= 0.6 is 31.9 Å². The molecule has 0 aliphatic heterocycles. The Balaban J connectivity index is 1.67. The van der Waals surface area contributed by atoms with Crippen LogP contribution in [-0.4, -0.2) is 17.5 Å². The van der Waals surface area contributed by atoms with Gasteiger partial charge in [-0.15, -0.1) is 0 Å². The van der Waals surface area contributed by atoms with E-state index in [4.69, 9.17) is 4.74 Å². The minimum absolute atomic E-state index is 0.0296. The van der Waals surface area contributed by atoms with Gasteiger partial charge in [-0.1, -0.05) is 87.7 Å². The minimum Gasteiger partial charge on any atom is -0.508 e. The number of halogens is 2. The van der Waals surface area contributed by atoms with Crippen LogP contribution in [0.4, 0.5) is 0 Å². The Labute approximate surface area is 200 Å². The predicted molar refractivity (Wildman–Crippen MR) is 132 cm³/mol. The molecule has 0 aliphatic carbocycles. The lowest BCUT2D eigenvalue weighted by Crippen LogP contribution is -2.14. The van der Waals surface area contributed by atoms with Crippen molar-refractivity contribution >= 4 is 37.6 Å². The summed E-state index contributed by atoms with van der Waals surface area (Å²) < 4.78 is 7.57. The maximum atomic E-state index is 12.3. The minimum atomic E-state index is 0.0296. The van der Waals surface area contributed by atoms with Crippen LogP contribution < -0.4 is 4.74 Å². The van der Waals surface area contributed by atoms with E-state index in [1.54, 1.807) is 6.07 Å². The maximum Gasteiger partial charge on any atom is 0.174 e. The Hall–Kier alpha value is -2.11. The highest BCUT2D eigenvalue weighted by Crippen LogP contribution is 2.34. The van der Waals surface area contributed by atoms with Crippen molar-refractivity contribution < 1.29 is 14.6 Å². The largest absolute Gasteiger partial charge is 0.508 e. The SMILES string of the molecule is Cc1cccc(CC(=O)COc2cc(Br)c(Cc3ccc(O)c(C(C)C)c3)c(Br)c2)c1. The zero-order valence-electron chi connectivity index (χ0n) is 17.9. The average molecular weight is 546 g/mol. The molecule has 0 spiro atoms. The smallest absolute Gasteiger partial charge is 0.174 e. The number of aromatic hydroxyl groups is 1. The molecule has 0 amide bonds. The summed E-state index contributed by atoms with van der Waals surface area (Å²) in [6.07, 6.45) is 1.06. The summed E-state index contributed by atoms with van der Waals surface area (Å²) in [7, 11) is 0. The average Bonchev–Trinajstić information content (AvgIpc) is 2.70. The van der Waals surface area contributed by atoms with Crippen LogP contribution in [-0.2, 0) is 17.6 Å². The summed E-state index contributed by atoms with van der Waals surface area (Å²) >= 11 is 7.28. The standard InChI is InChI=1S/C26H26Br2O3/c1-16(2)22-11-19(7-8-26(22)30)12-23-24(27)13-21(14-25(23)28)31-15-20(29)10-18-6-4-5-17(3)9-18/h4-9,11,13-14,16,30H,10,12,15H2,1-3H3. The molecule has 0 atom stereocenters. The number of ketones is 1. The van der Waals surface area contributed by atoms with Crippen molar-refractivity contribution in [1.29, 1.82) is 0 Å². The van der Waals surface area contributed by atoms with Crippen molar-refractivity contribution in [3.05, 3.63) is 91.4 Å². The lowest BCUT2D eigenvalue weighted by molar-refractivity contribution is -0.120. The van der Waals surface area contributed by atoms with Gasteiger partial charge in [-0.25, -0.2) is 0 Å². The number of phenolic OH excluding ortho intramolecular Hbond substituents is 1. The lowest BCUT2D eigenvalue weighted by Gasteiger charge is -2.14. The Morgan fingerprint density at radius 3 is 2.35 bits per heavy atom. The highest BCUT2D eigenvalue weighted by Gasteiger charge is 2.13. The number of benzene rings is 3. The third-order valence-corrected chi connectivity index (χ3v) is 6.51. The zero-order chi connectivity index (χ0) is 22.5. The van der Waals surface area contributed by atoms with Gasteiger partial charge in [-0.05, 0) is 59.7 Å². The van der Waals surface area contributed by atoms with Crippen molar-refractivity contribution in [2.45, 2.75) is 39.5 Å². The van der Waals surface area contributed by atoms with E-state index in [2.05, 4.69) is 45.7 Å². The number of carbonyl (C=O) groups excluding carboxylic acids is 1. The van der Waals surface area contributed by atoms with E-state index in [-0.39, 0.29) is 18.3 Å². The van der Waals surface area contributed by atoms with Crippen LogP contribution in [0, 0.1) is 6.92 Å². The topological polar surface area (TPSA) is 46.5 Å². The number of carbonyl (C=O) groups is 1. The first-order valence-electron chi connectivity index (χ1n) is 10.2. The Kier molecular flexibility index (Phi) is 7.95. The van der Waals surface area contributed by atoms with E-state index in [0.717, 1.165) is 36.8 Å². The molecular weight excluding hydrogens is 520 g/mol. The number of ether oxygens (including phenoxy) is 1. The monoisotopic (exact) mass is 544 g/mol. The fraction of sp³-hybridized carbons (Fsp3) is 0.269. The third-order valence-electron chi connectivity index (χ3n) is 5.09. The Bertz CT molecular complexity index is 1070. The summed E-state index contributed by atoms with van der Waals surface area (Å²) in [5.41, 5.74) is 5.28. The van der Waals surface area contributed by atoms with E-state index >= 15 is 0 Å². The van der Waals surface area contributed by atoms with E-state index in [9.17, 15) is 9.90 Å². The molecule has 0 radical (unpaired) electrons. The fourth-order valence-electron chi connectivity index (χ4n) is 3.48. The number of hydrogen-bond acceptors (Lipinski definition) is 3. The van der Waals surface area contributed by atoms with Crippen molar-refractivity contribution in [2.75, 3.05) is 6.61 Å². The Morgan fingerprint density at radius 1 is 1.00 bits per heavy atom. The molecular formula is C26H26Br2O3. The molecule has 0 saturated heterocycles. The lowest BCUT2D eigenvalue weighted by atomic mass is 9.96. The van der Waals surface area contributed by atoms with Gasteiger partial charge in [0, 0.05) is 15.4 Å². The molecule has 3 rings (SSSR count). The van der Waals surface area contributed by atoms with Crippen LogP contribution in [0.1, 0.15) is 47.6 Å². The molecule has 1 N–H and O–H groups in total. The number of aryl methyl sites for hydroxylation is 1. The highest BCUT2D eigenvalue weighted by atomic mass is 79.9. The first kappa shape index (κ1) is 23.6. The summed E-state index contributed by atoms with van der Waals surface area (Å²) in [5, 5.41) is 10.1. The molecule has 0 fully saturated rings. The summed E-state index contributed by atoms with van der Waals surface area (Å²) in [4.78, 5) is 12.3. The molecule has 0 bridgehead atoms. The third kappa shape index (κ3) is 6.44. The molecule has 0 aromatic heterocycles. The number of rotatable bonds is 8. The molecule has 31 heavy (non-hydrogen) atoms. The van der Waals surface area contributed by atoms with Gasteiger partial charge in [0.15, 0.2) is 5.78 Å². The summed E-state index contributed by atoms with van der Waals surface area (Å²) in [5.74, 6) is 1.25. The summed E-state index contributed by atoms with van der Waals surface area (Å²) in [6, 6.07) is 17.5. The molecule has 3 aromatic rings. The number of hydrogen-bond donors (Lipinski definition) is 1. The number of phenols is 1. The molecule has 0 unspecified atom stereocenters. The number of Topliss-reactive ketones (excluding diaryl/α,β-unsaturated/α-hetero) is 1. The van der Waals surface area contributed by atoms with Gasteiger partial charge in [0.05, 0.1) is 0 Å². The van der Waals surface area contributed by atoms with Gasteiger partial charge in [0.25, 0.3) is 0 Å². The molecule has 0 aliphatic rings. The first-order chi connectivity index (χ1) is 14.7. The van der Waals surface area contributed by atoms with Crippen LogP contribution in [0.25, 0.3) is 0 Å². The fourth-order valence-corrected chi connectivity index (χ4v) is 4.90. The van der Waals surface area contributed by atoms with Crippen LogP contribution in [0.15, 0.2) is 63.5 Å². The van der Waals surface area contributed by atoms with Crippen molar-refractivity contribution in [2.24, 2.45) is 0 Å². The summed E-state index contributed by atoms with van der Waals surface area (Å²) in [6.45, 7) is 6.18.